The summed E-state index contributed by atoms with van der Waals surface area (Å²) in [6.45, 7) is 1.97. The van der Waals surface area contributed by atoms with E-state index >= 15 is 0 Å². The van der Waals surface area contributed by atoms with Gasteiger partial charge in [0.15, 0.2) is 5.69 Å². The van der Waals surface area contributed by atoms with Crippen LogP contribution in [0.25, 0.3) is 5.69 Å². The fourth-order valence-corrected chi connectivity index (χ4v) is 2.63. The van der Waals surface area contributed by atoms with Crippen molar-refractivity contribution in [1.82, 2.24) is 15.0 Å². The highest BCUT2D eigenvalue weighted by molar-refractivity contribution is 5.87. The Bertz CT molecular complexity index is 689. The molecular weight excluding hydrogens is 270 g/mol. The van der Waals surface area contributed by atoms with Crippen LogP contribution in [0.4, 0.5) is 0 Å². The molecule has 0 unspecified atom stereocenters. The van der Waals surface area contributed by atoms with Crippen molar-refractivity contribution in [2.75, 3.05) is 7.11 Å². The molecular formula is C15H17N3O3. The van der Waals surface area contributed by atoms with Gasteiger partial charge in [-0.1, -0.05) is 17.7 Å². The van der Waals surface area contributed by atoms with Crippen LogP contribution >= 0.6 is 0 Å². The van der Waals surface area contributed by atoms with E-state index < -0.39 is 5.97 Å². The molecule has 0 spiro atoms. The summed E-state index contributed by atoms with van der Waals surface area (Å²) in [5, 5.41) is 17.3. The van der Waals surface area contributed by atoms with E-state index in [1.807, 2.05) is 25.1 Å². The minimum atomic E-state index is -1.03. The molecule has 1 saturated carbocycles. The Kier molecular flexibility index (Phi) is 3.37. The third kappa shape index (κ3) is 2.26. The first-order chi connectivity index (χ1) is 10.1. The lowest BCUT2D eigenvalue weighted by atomic mass is 9.82. The lowest BCUT2D eigenvalue weighted by molar-refractivity contribution is 0.0687. The Balaban J connectivity index is 2.18. The van der Waals surface area contributed by atoms with Crippen LogP contribution in [0, 0.1) is 6.92 Å². The number of nitrogens with zero attached hydrogens (tertiary/aromatic N) is 3. The number of aromatic nitrogens is 3. The third-order valence-corrected chi connectivity index (χ3v) is 3.96. The van der Waals surface area contributed by atoms with E-state index in [4.69, 9.17) is 4.74 Å². The Hall–Kier alpha value is -2.37. The molecule has 110 valence electrons. The zero-order chi connectivity index (χ0) is 15.0. The van der Waals surface area contributed by atoms with Crippen LogP contribution in [0.15, 0.2) is 18.2 Å². The molecule has 6 nitrogen and oxygen atoms in total. The number of aryl methyl sites for hydroxylation is 1. The van der Waals surface area contributed by atoms with Crippen molar-refractivity contribution in [3.63, 3.8) is 0 Å². The van der Waals surface area contributed by atoms with Crippen LogP contribution in [-0.2, 0) is 0 Å². The average molecular weight is 287 g/mol. The van der Waals surface area contributed by atoms with Crippen LogP contribution in [0.2, 0.25) is 0 Å². The number of hydrogen-bond donors (Lipinski definition) is 1. The van der Waals surface area contributed by atoms with E-state index in [1.54, 1.807) is 11.8 Å². The molecule has 0 radical (unpaired) electrons. The average Bonchev–Trinajstić information content (AvgIpc) is 2.81. The second-order valence-corrected chi connectivity index (χ2v) is 5.34. The summed E-state index contributed by atoms with van der Waals surface area (Å²) in [6, 6.07) is 5.74. The lowest BCUT2D eigenvalue weighted by Crippen LogP contribution is -2.18. The predicted octanol–water partition coefficient (Wildman–Crippen LogP) is 2.55. The molecule has 0 bridgehead atoms. The first-order valence-electron chi connectivity index (χ1n) is 6.95. The van der Waals surface area contributed by atoms with Crippen molar-refractivity contribution in [2.45, 2.75) is 32.1 Å². The van der Waals surface area contributed by atoms with Gasteiger partial charge in [-0.2, -0.15) is 0 Å². The van der Waals surface area contributed by atoms with Crippen LogP contribution in [0.5, 0.6) is 5.75 Å². The molecule has 21 heavy (non-hydrogen) atoms. The molecule has 1 fully saturated rings. The van der Waals surface area contributed by atoms with Crippen molar-refractivity contribution in [1.29, 1.82) is 0 Å². The van der Waals surface area contributed by atoms with Crippen LogP contribution < -0.4 is 4.74 Å². The topological polar surface area (TPSA) is 77.2 Å². The van der Waals surface area contributed by atoms with Gasteiger partial charge < -0.3 is 9.84 Å². The zero-order valence-electron chi connectivity index (χ0n) is 12.0. The Morgan fingerprint density at radius 2 is 2.19 bits per heavy atom. The summed E-state index contributed by atoms with van der Waals surface area (Å²) < 4.78 is 7.00. The Labute approximate surface area is 122 Å². The monoisotopic (exact) mass is 287 g/mol. The molecule has 1 aromatic heterocycles. The molecule has 2 aromatic rings. The largest absolute Gasteiger partial charge is 0.494 e. The molecule has 1 N–H and O–H groups in total. The van der Waals surface area contributed by atoms with Gasteiger partial charge in [0, 0.05) is 5.92 Å². The molecule has 0 amide bonds. The number of ether oxygens (including phenoxy) is 1. The van der Waals surface area contributed by atoms with Gasteiger partial charge in [-0.25, -0.2) is 9.48 Å². The summed E-state index contributed by atoms with van der Waals surface area (Å²) in [7, 11) is 1.59. The van der Waals surface area contributed by atoms with Crippen molar-refractivity contribution in [3.05, 3.63) is 35.2 Å². The molecule has 1 aliphatic rings. The highest BCUT2D eigenvalue weighted by Gasteiger charge is 2.31. The molecule has 1 aliphatic carbocycles. The summed E-state index contributed by atoms with van der Waals surface area (Å²) >= 11 is 0. The van der Waals surface area contributed by atoms with E-state index in [2.05, 4.69) is 10.3 Å². The van der Waals surface area contributed by atoms with E-state index in [0.717, 1.165) is 30.5 Å². The second kappa shape index (κ2) is 5.20. The number of methoxy groups -OCH3 is 1. The molecule has 6 heteroatoms. The quantitative estimate of drug-likeness (QED) is 0.935. The number of rotatable bonds is 4. The van der Waals surface area contributed by atoms with Gasteiger partial charge in [-0.3, -0.25) is 0 Å². The van der Waals surface area contributed by atoms with E-state index in [0.29, 0.717) is 11.4 Å². The molecule has 0 saturated heterocycles. The highest BCUT2D eigenvalue weighted by atomic mass is 16.5. The normalized spacial score (nSPS) is 14.8. The van der Waals surface area contributed by atoms with Gasteiger partial charge in [0.05, 0.1) is 12.8 Å². The number of aromatic carboxylic acids is 1. The van der Waals surface area contributed by atoms with Gasteiger partial charge >= 0.3 is 5.97 Å². The van der Waals surface area contributed by atoms with Gasteiger partial charge in [-0.05, 0) is 37.5 Å². The molecule has 1 heterocycles. The van der Waals surface area contributed by atoms with Crippen LogP contribution in [-0.4, -0.2) is 33.2 Å². The first kappa shape index (κ1) is 13.6. The number of carbonyl (C=O) groups is 1. The van der Waals surface area contributed by atoms with Crippen LogP contribution in [0.1, 0.15) is 46.9 Å². The van der Waals surface area contributed by atoms with Gasteiger partial charge in [0.25, 0.3) is 0 Å². The first-order valence-corrected chi connectivity index (χ1v) is 6.95. The van der Waals surface area contributed by atoms with Crippen molar-refractivity contribution >= 4 is 5.97 Å². The minimum absolute atomic E-state index is 0.0447. The fraction of sp³-hybridized carbons (Fsp3) is 0.400. The van der Waals surface area contributed by atoms with Gasteiger partial charge in [-0.15, -0.1) is 5.10 Å². The van der Waals surface area contributed by atoms with Crippen molar-refractivity contribution < 1.29 is 14.6 Å². The molecule has 0 atom stereocenters. The van der Waals surface area contributed by atoms with Gasteiger partial charge in [0.2, 0.25) is 0 Å². The SMILES string of the molecule is COc1ccc(C)cc1-n1nnc(C(=O)O)c1C1CCC1. The maximum absolute atomic E-state index is 11.4. The maximum atomic E-state index is 11.4. The summed E-state index contributed by atoms with van der Waals surface area (Å²) in [4.78, 5) is 11.4. The Morgan fingerprint density at radius 3 is 2.76 bits per heavy atom. The molecule has 0 aliphatic heterocycles. The fourth-order valence-electron chi connectivity index (χ4n) is 2.63. The van der Waals surface area contributed by atoms with E-state index in [1.165, 1.54) is 0 Å². The molecule has 1 aromatic carbocycles. The smallest absolute Gasteiger partial charge is 0.358 e. The number of benzene rings is 1. The highest BCUT2D eigenvalue weighted by Crippen LogP contribution is 2.39. The number of carboxylic acids is 1. The van der Waals surface area contributed by atoms with E-state index in [-0.39, 0.29) is 11.6 Å². The van der Waals surface area contributed by atoms with Gasteiger partial charge in [0.1, 0.15) is 11.4 Å². The zero-order valence-corrected chi connectivity index (χ0v) is 12.0. The molecule has 3 rings (SSSR count). The van der Waals surface area contributed by atoms with E-state index in [9.17, 15) is 9.90 Å². The Morgan fingerprint density at radius 1 is 1.43 bits per heavy atom. The van der Waals surface area contributed by atoms with Crippen molar-refractivity contribution in [2.24, 2.45) is 0 Å². The lowest BCUT2D eigenvalue weighted by Gasteiger charge is -2.26. The second-order valence-electron chi connectivity index (χ2n) is 5.34. The summed E-state index contributed by atoms with van der Waals surface area (Å²) in [5.74, 6) is -0.172. The minimum Gasteiger partial charge on any atom is -0.494 e. The number of carboxylic acid groups (broad SMARTS) is 1. The summed E-state index contributed by atoms with van der Waals surface area (Å²) in [5.41, 5.74) is 2.51. The van der Waals surface area contributed by atoms with Crippen LogP contribution in [0.3, 0.4) is 0 Å². The predicted molar refractivity (Wildman–Crippen MR) is 76.2 cm³/mol. The maximum Gasteiger partial charge on any atom is 0.358 e. The standard InChI is InChI=1S/C15H17N3O3/c1-9-6-7-12(21-2)11(8-9)18-14(10-4-3-5-10)13(15(19)20)16-17-18/h6-8,10H,3-5H2,1-2H3,(H,19,20). The van der Waals surface area contributed by atoms with Crippen molar-refractivity contribution in [3.8, 4) is 11.4 Å². The summed E-state index contributed by atoms with van der Waals surface area (Å²) in [6.07, 6.45) is 3.06. The number of hydrogen-bond acceptors (Lipinski definition) is 4. The third-order valence-electron chi connectivity index (χ3n) is 3.96.